The van der Waals surface area contributed by atoms with Crippen molar-refractivity contribution in [2.24, 2.45) is 7.05 Å². The number of pyridine rings is 1. The van der Waals surface area contributed by atoms with Crippen molar-refractivity contribution in [3.63, 3.8) is 0 Å². The monoisotopic (exact) mass is 294 g/mol. The fourth-order valence-corrected chi connectivity index (χ4v) is 1.75. The number of aryl methyl sites for hydroxylation is 1. The van der Waals surface area contributed by atoms with E-state index in [9.17, 15) is 0 Å². The number of rotatable bonds is 4. The van der Waals surface area contributed by atoms with Crippen LogP contribution in [0.1, 0.15) is 26.3 Å². The van der Waals surface area contributed by atoms with E-state index in [-0.39, 0.29) is 5.54 Å². The van der Waals surface area contributed by atoms with Gasteiger partial charge < -0.3 is 10.1 Å². The Labute approximate surface area is 123 Å². The van der Waals surface area contributed by atoms with Gasteiger partial charge in [0, 0.05) is 31.4 Å². The molecule has 1 N–H and O–H groups in total. The zero-order valence-electron chi connectivity index (χ0n) is 12.1. The Morgan fingerprint density at radius 1 is 1.35 bits per heavy atom. The molecule has 2 heterocycles. The Kier molecular flexibility index (Phi) is 4.30. The third kappa shape index (κ3) is 4.21. The summed E-state index contributed by atoms with van der Waals surface area (Å²) in [6, 6.07) is 1.84. The van der Waals surface area contributed by atoms with Crippen LogP contribution in [0.2, 0.25) is 5.02 Å². The van der Waals surface area contributed by atoms with Gasteiger partial charge in [0.25, 0.3) is 0 Å². The second-order valence-electron chi connectivity index (χ2n) is 5.67. The van der Waals surface area contributed by atoms with Crippen LogP contribution in [0.3, 0.4) is 0 Å². The van der Waals surface area contributed by atoms with E-state index in [0.717, 1.165) is 5.56 Å². The van der Waals surface area contributed by atoms with Crippen molar-refractivity contribution in [3.8, 4) is 11.6 Å². The first-order valence-electron chi connectivity index (χ1n) is 6.39. The van der Waals surface area contributed by atoms with E-state index in [1.807, 2.05) is 13.1 Å². The fraction of sp³-hybridized carbons (Fsp3) is 0.429. The Morgan fingerprint density at radius 3 is 2.70 bits per heavy atom. The van der Waals surface area contributed by atoms with Crippen molar-refractivity contribution in [1.29, 1.82) is 0 Å². The zero-order valence-corrected chi connectivity index (χ0v) is 12.9. The lowest BCUT2D eigenvalue weighted by Crippen LogP contribution is -2.35. The van der Waals surface area contributed by atoms with Gasteiger partial charge in [-0.05, 0) is 26.3 Å². The molecule has 0 unspecified atom stereocenters. The molecule has 0 aliphatic carbocycles. The second kappa shape index (κ2) is 5.81. The Balaban J connectivity index is 2.11. The molecule has 0 aliphatic rings. The molecule has 0 bridgehead atoms. The number of aromatic nitrogens is 3. The minimum absolute atomic E-state index is 0.0248. The van der Waals surface area contributed by atoms with E-state index in [0.29, 0.717) is 23.2 Å². The molecule has 0 aliphatic heterocycles. The average Bonchev–Trinajstić information content (AvgIpc) is 2.74. The quantitative estimate of drug-likeness (QED) is 0.941. The first-order valence-corrected chi connectivity index (χ1v) is 6.77. The molecule has 0 fully saturated rings. The van der Waals surface area contributed by atoms with E-state index in [1.54, 1.807) is 23.3 Å². The van der Waals surface area contributed by atoms with Gasteiger partial charge in [-0.3, -0.25) is 4.68 Å². The molecule has 5 nitrogen and oxygen atoms in total. The van der Waals surface area contributed by atoms with Crippen molar-refractivity contribution in [1.82, 2.24) is 20.1 Å². The van der Waals surface area contributed by atoms with E-state index in [4.69, 9.17) is 16.3 Å². The molecule has 20 heavy (non-hydrogen) atoms. The van der Waals surface area contributed by atoms with Gasteiger partial charge >= 0.3 is 0 Å². The Hall–Kier alpha value is -1.59. The van der Waals surface area contributed by atoms with Gasteiger partial charge in [-0.2, -0.15) is 5.10 Å². The lowest BCUT2D eigenvalue weighted by Gasteiger charge is -2.21. The molecular weight excluding hydrogens is 276 g/mol. The van der Waals surface area contributed by atoms with Gasteiger partial charge in [-0.1, -0.05) is 11.6 Å². The van der Waals surface area contributed by atoms with Crippen molar-refractivity contribution >= 4 is 11.6 Å². The maximum Gasteiger partial charge on any atom is 0.219 e. The van der Waals surface area contributed by atoms with Crippen molar-refractivity contribution in [3.05, 3.63) is 35.2 Å². The van der Waals surface area contributed by atoms with Crippen LogP contribution >= 0.6 is 11.6 Å². The van der Waals surface area contributed by atoms with Crippen LogP contribution in [0, 0.1) is 0 Å². The summed E-state index contributed by atoms with van der Waals surface area (Å²) in [7, 11) is 1.83. The highest BCUT2D eigenvalue weighted by Crippen LogP contribution is 2.23. The smallest absolute Gasteiger partial charge is 0.219 e. The largest absolute Gasteiger partial charge is 0.436 e. The zero-order chi connectivity index (χ0) is 14.8. The third-order valence-corrected chi connectivity index (χ3v) is 2.96. The van der Waals surface area contributed by atoms with E-state index in [2.05, 4.69) is 36.2 Å². The summed E-state index contributed by atoms with van der Waals surface area (Å²) in [6.45, 7) is 6.98. The van der Waals surface area contributed by atoms with Crippen LogP contribution in [-0.2, 0) is 13.6 Å². The molecule has 0 atom stereocenters. The number of halogens is 1. The molecule has 6 heteroatoms. The summed E-state index contributed by atoms with van der Waals surface area (Å²) >= 11 is 6.16. The third-order valence-electron chi connectivity index (χ3n) is 2.62. The van der Waals surface area contributed by atoms with Gasteiger partial charge in [0.2, 0.25) is 5.88 Å². The van der Waals surface area contributed by atoms with Crippen LogP contribution in [0.5, 0.6) is 11.6 Å². The molecular formula is C14H19ClN4O. The van der Waals surface area contributed by atoms with Crippen LogP contribution in [0.15, 0.2) is 24.7 Å². The summed E-state index contributed by atoms with van der Waals surface area (Å²) < 4.78 is 7.32. The number of hydrogen-bond donors (Lipinski definition) is 1. The number of ether oxygens (including phenoxy) is 1. The van der Waals surface area contributed by atoms with Crippen molar-refractivity contribution in [2.75, 3.05) is 0 Å². The molecule has 0 radical (unpaired) electrons. The number of nitrogens with one attached hydrogen (secondary N) is 1. The maximum absolute atomic E-state index is 6.16. The lowest BCUT2D eigenvalue weighted by molar-refractivity contribution is 0.422. The molecule has 0 amide bonds. The van der Waals surface area contributed by atoms with Gasteiger partial charge in [0.15, 0.2) is 5.75 Å². The van der Waals surface area contributed by atoms with Crippen molar-refractivity contribution < 1.29 is 4.74 Å². The van der Waals surface area contributed by atoms with Crippen LogP contribution < -0.4 is 10.1 Å². The predicted octanol–water partition coefficient (Wildman–Crippen LogP) is 3.15. The first kappa shape index (κ1) is 14.8. The summed E-state index contributed by atoms with van der Waals surface area (Å²) in [6.07, 6.45) is 5.03. The molecule has 0 saturated heterocycles. The number of nitrogens with zero attached hydrogens (tertiary/aromatic N) is 3. The first-order chi connectivity index (χ1) is 9.33. The van der Waals surface area contributed by atoms with Gasteiger partial charge in [0.1, 0.15) is 0 Å². The molecule has 0 aromatic carbocycles. The summed E-state index contributed by atoms with van der Waals surface area (Å²) in [5, 5.41) is 8.06. The normalized spacial score (nSPS) is 11.7. The Morgan fingerprint density at radius 2 is 2.10 bits per heavy atom. The topological polar surface area (TPSA) is 52.0 Å². The number of hydrogen-bond acceptors (Lipinski definition) is 4. The Bertz CT molecular complexity index is 589. The molecule has 2 aromatic heterocycles. The molecule has 108 valence electrons. The van der Waals surface area contributed by atoms with Crippen LogP contribution in [0.4, 0.5) is 0 Å². The minimum Gasteiger partial charge on any atom is -0.436 e. The van der Waals surface area contributed by atoms with Gasteiger partial charge in [-0.25, -0.2) is 4.98 Å². The van der Waals surface area contributed by atoms with Crippen LogP contribution in [-0.4, -0.2) is 20.3 Å². The summed E-state index contributed by atoms with van der Waals surface area (Å²) in [4.78, 5) is 4.17. The predicted molar refractivity (Wildman–Crippen MR) is 79.1 cm³/mol. The van der Waals surface area contributed by atoms with Crippen molar-refractivity contribution in [2.45, 2.75) is 32.9 Å². The average molecular weight is 295 g/mol. The van der Waals surface area contributed by atoms with Gasteiger partial charge in [0.05, 0.1) is 17.4 Å². The molecule has 2 rings (SSSR count). The standard InChI is InChI=1S/C14H19ClN4O/c1-14(2,3)17-6-10-5-13(16-8-12(10)15)20-11-7-18-19(4)9-11/h5,7-9,17H,6H2,1-4H3. The highest BCUT2D eigenvalue weighted by atomic mass is 35.5. The molecule has 2 aromatic rings. The van der Waals surface area contributed by atoms with E-state index >= 15 is 0 Å². The van der Waals surface area contributed by atoms with E-state index < -0.39 is 0 Å². The highest BCUT2D eigenvalue weighted by Gasteiger charge is 2.11. The molecule has 0 spiro atoms. The highest BCUT2D eigenvalue weighted by molar-refractivity contribution is 6.31. The fourth-order valence-electron chi connectivity index (χ4n) is 1.58. The summed E-state index contributed by atoms with van der Waals surface area (Å²) in [5.41, 5.74) is 0.979. The lowest BCUT2D eigenvalue weighted by atomic mass is 10.1. The SMILES string of the molecule is Cn1cc(Oc2cc(CNC(C)(C)C)c(Cl)cn2)cn1. The molecule has 0 saturated carbocycles. The second-order valence-corrected chi connectivity index (χ2v) is 6.08. The van der Waals surface area contributed by atoms with Crippen LogP contribution in [0.25, 0.3) is 0 Å². The minimum atomic E-state index is 0.0248. The summed E-state index contributed by atoms with van der Waals surface area (Å²) in [5.74, 6) is 1.16. The maximum atomic E-state index is 6.16. The van der Waals surface area contributed by atoms with E-state index in [1.165, 1.54) is 0 Å². The van der Waals surface area contributed by atoms with Gasteiger partial charge in [-0.15, -0.1) is 0 Å².